The SMILES string of the molecule is CONCC(=C=O)CCCCCC(O)C(F)(F)F. The second kappa shape index (κ2) is 9.10. The van der Waals surface area contributed by atoms with E-state index in [-0.39, 0.29) is 19.4 Å². The number of aliphatic hydroxyl groups excluding tert-OH is 1. The van der Waals surface area contributed by atoms with Gasteiger partial charge in [0.25, 0.3) is 0 Å². The number of alkyl halides is 3. The van der Waals surface area contributed by atoms with Gasteiger partial charge >= 0.3 is 6.18 Å². The molecule has 0 aromatic heterocycles. The first-order valence-electron chi connectivity index (χ1n) is 5.65. The van der Waals surface area contributed by atoms with E-state index in [9.17, 15) is 18.0 Å². The summed E-state index contributed by atoms with van der Waals surface area (Å²) in [6, 6.07) is 0. The first-order chi connectivity index (χ1) is 8.41. The molecule has 0 aromatic rings. The van der Waals surface area contributed by atoms with Crippen LogP contribution < -0.4 is 5.48 Å². The maximum Gasteiger partial charge on any atom is 0.414 e. The topological polar surface area (TPSA) is 58.6 Å². The highest BCUT2D eigenvalue weighted by atomic mass is 19.4. The number of hydroxylamine groups is 1. The third-order valence-electron chi connectivity index (χ3n) is 2.41. The number of carbonyl (C=O) groups excluding carboxylic acids is 1. The monoisotopic (exact) mass is 269 g/mol. The predicted molar refractivity (Wildman–Crippen MR) is 59.4 cm³/mol. The van der Waals surface area contributed by atoms with Crippen LogP contribution in [0.25, 0.3) is 0 Å². The lowest BCUT2D eigenvalue weighted by atomic mass is 10.1. The fraction of sp³-hybridized carbons (Fsp3) is 0.818. The van der Waals surface area contributed by atoms with E-state index in [1.165, 1.54) is 7.11 Å². The number of hydrogen-bond donors (Lipinski definition) is 2. The van der Waals surface area contributed by atoms with Crippen LogP contribution >= 0.6 is 0 Å². The van der Waals surface area contributed by atoms with Gasteiger partial charge in [0.1, 0.15) is 12.0 Å². The Kier molecular flexibility index (Phi) is 8.66. The summed E-state index contributed by atoms with van der Waals surface area (Å²) in [6.07, 6.45) is -5.28. The van der Waals surface area contributed by atoms with Gasteiger partial charge in [-0.15, -0.1) is 0 Å². The molecule has 0 heterocycles. The zero-order chi connectivity index (χ0) is 14.0. The number of aliphatic hydroxyl groups is 1. The average Bonchev–Trinajstić information content (AvgIpc) is 2.31. The van der Waals surface area contributed by atoms with Crippen molar-refractivity contribution in [2.75, 3.05) is 13.7 Å². The van der Waals surface area contributed by atoms with Gasteiger partial charge in [0.05, 0.1) is 13.7 Å². The predicted octanol–water partition coefficient (Wildman–Crippen LogP) is 1.77. The Hall–Kier alpha value is -0.880. The van der Waals surface area contributed by atoms with E-state index in [0.717, 1.165) is 0 Å². The molecule has 0 rings (SSSR count). The van der Waals surface area contributed by atoms with Crippen molar-refractivity contribution < 1.29 is 27.9 Å². The van der Waals surface area contributed by atoms with Gasteiger partial charge < -0.3 is 9.94 Å². The van der Waals surface area contributed by atoms with Crippen LogP contribution in [0.3, 0.4) is 0 Å². The van der Waals surface area contributed by atoms with Crippen molar-refractivity contribution in [2.24, 2.45) is 0 Å². The minimum atomic E-state index is -4.55. The number of nitrogens with one attached hydrogen (secondary N) is 1. The van der Waals surface area contributed by atoms with E-state index in [0.29, 0.717) is 24.8 Å². The molecule has 7 heteroatoms. The Morgan fingerprint density at radius 2 is 2.06 bits per heavy atom. The Labute approximate surface area is 104 Å². The van der Waals surface area contributed by atoms with Crippen molar-refractivity contribution in [3.05, 3.63) is 5.57 Å². The maximum absolute atomic E-state index is 12.0. The fourth-order valence-corrected chi connectivity index (χ4v) is 1.35. The van der Waals surface area contributed by atoms with E-state index in [1.54, 1.807) is 5.94 Å². The van der Waals surface area contributed by atoms with Crippen molar-refractivity contribution in [3.8, 4) is 0 Å². The molecule has 0 amide bonds. The van der Waals surface area contributed by atoms with Gasteiger partial charge in [-0.3, -0.25) is 0 Å². The summed E-state index contributed by atoms with van der Waals surface area (Å²) in [5.74, 6) is 1.76. The molecule has 0 aliphatic heterocycles. The Morgan fingerprint density at radius 3 is 2.56 bits per heavy atom. The van der Waals surface area contributed by atoms with Gasteiger partial charge in [0.15, 0.2) is 0 Å². The Balaban J connectivity index is 3.65. The van der Waals surface area contributed by atoms with Gasteiger partial charge in [-0.05, 0) is 19.3 Å². The quantitative estimate of drug-likeness (QED) is 0.380. The molecule has 0 spiro atoms. The van der Waals surface area contributed by atoms with Crippen LogP contribution in [0, 0.1) is 0 Å². The third-order valence-corrected chi connectivity index (χ3v) is 2.41. The normalized spacial score (nSPS) is 13.2. The van der Waals surface area contributed by atoms with Crippen LogP contribution in [-0.4, -0.2) is 37.0 Å². The molecular formula is C11H18F3NO3. The van der Waals surface area contributed by atoms with Crippen molar-refractivity contribution in [3.63, 3.8) is 0 Å². The first kappa shape index (κ1) is 17.1. The lowest BCUT2D eigenvalue weighted by Gasteiger charge is -2.13. The summed E-state index contributed by atoms with van der Waals surface area (Å²) in [5.41, 5.74) is 2.97. The smallest absolute Gasteiger partial charge is 0.384 e. The summed E-state index contributed by atoms with van der Waals surface area (Å²) in [5, 5.41) is 8.74. The van der Waals surface area contributed by atoms with Crippen LogP contribution in [0.1, 0.15) is 32.1 Å². The zero-order valence-corrected chi connectivity index (χ0v) is 10.2. The lowest BCUT2D eigenvalue weighted by molar-refractivity contribution is -0.205. The Morgan fingerprint density at radius 1 is 1.39 bits per heavy atom. The summed E-state index contributed by atoms with van der Waals surface area (Å²) in [4.78, 5) is 15.0. The standard InChI is InChI=1S/C11H18F3NO3/c1-18-15-7-9(8-16)5-3-2-4-6-10(17)11(12,13)14/h10,15,17H,2-7H2,1H3. The number of halogens is 3. The average molecular weight is 269 g/mol. The summed E-state index contributed by atoms with van der Waals surface area (Å²) in [6.45, 7) is 0.255. The highest BCUT2D eigenvalue weighted by Gasteiger charge is 2.37. The third kappa shape index (κ3) is 8.25. The molecule has 0 aliphatic rings. The molecule has 2 N–H and O–H groups in total. The first-order valence-corrected chi connectivity index (χ1v) is 5.65. The zero-order valence-electron chi connectivity index (χ0n) is 10.2. The van der Waals surface area contributed by atoms with Crippen LogP contribution in [0.15, 0.2) is 5.57 Å². The highest BCUT2D eigenvalue weighted by Crippen LogP contribution is 2.24. The molecule has 0 saturated carbocycles. The highest BCUT2D eigenvalue weighted by molar-refractivity contribution is 5.52. The molecule has 1 unspecified atom stereocenters. The molecule has 0 aliphatic carbocycles. The Bertz CT molecular complexity index is 275. The van der Waals surface area contributed by atoms with E-state index >= 15 is 0 Å². The number of hydrogen-bond acceptors (Lipinski definition) is 4. The minimum absolute atomic E-state index is 0.255. The molecule has 0 radical (unpaired) electrons. The number of rotatable bonds is 9. The second-order valence-corrected chi connectivity index (χ2v) is 3.89. The summed E-state index contributed by atoms with van der Waals surface area (Å²) < 4.78 is 35.9. The van der Waals surface area contributed by atoms with Crippen LogP contribution in [0.2, 0.25) is 0 Å². The molecule has 106 valence electrons. The van der Waals surface area contributed by atoms with Crippen LogP contribution in [-0.2, 0) is 9.63 Å². The van der Waals surface area contributed by atoms with Gasteiger partial charge in [0, 0.05) is 5.57 Å². The van der Waals surface area contributed by atoms with E-state index in [2.05, 4.69) is 10.3 Å². The molecule has 4 nitrogen and oxygen atoms in total. The summed E-state index contributed by atoms with van der Waals surface area (Å²) >= 11 is 0. The van der Waals surface area contributed by atoms with Crippen molar-refractivity contribution >= 4 is 5.94 Å². The van der Waals surface area contributed by atoms with Gasteiger partial charge in [-0.2, -0.15) is 18.7 Å². The second-order valence-electron chi connectivity index (χ2n) is 3.89. The number of unbranched alkanes of at least 4 members (excludes halogenated alkanes) is 2. The molecule has 0 bridgehead atoms. The molecule has 0 saturated heterocycles. The molecule has 0 aromatic carbocycles. The minimum Gasteiger partial charge on any atom is -0.384 e. The molecule has 18 heavy (non-hydrogen) atoms. The largest absolute Gasteiger partial charge is 0.414 e. The van der Waals surface area contributed by atoms with E-state index in [1.807, 2.05) is 0 Å². The van der Waals surface area contributed by atoms with Crippen molar-refractivity contribution in [1.29, 1.82) is 0 Å². The van der Waals surface area contributed by atoms with Gasteiger partial charge in [-0.1, -0.05) is 12.8 Å². The van der Waals surface area contributed by atoms with E-state index in [4.69, 9.17) is 5.11 Å². The van der Waals surface area contributed by atoms with Crippen LogP contribution in [0.4, 0.5) is 13.2 Å². The molecular weight excluding hydrogens is 251 g/mol. The molecule has 0 fully saturated rings. The van der Waals surface area contributed by atoms with Crippen LogP contribution in [0.5, 0.6) is 0 Å². The van der Waals surface area contributed by atoms with Crippen molar-refractivity contribution in [1.82, 2.24) is 5.48 Å². The fourth-order valence-electron chi connectivity index (χ4n) is 1.35. The van der Waals surface area contributed by atoms with E-state index < -0.39 is 12.3 Å². The van der Waals surface area contributed by atoms with Gasteiger partial charge in [0.2, 0.25) is 0 Å². The van der Waals surface area contributed by atoms with Gasteiger partial charge in [-0.25, -0.2) is 4.79 Å². The lowest BCUT2D eigenvalue weighted by Crippen LogP contribution is -2.28. The van der Waals surface area contributed by atoms with Crippen molar-refractivity contribution in [2.45, 2.75) is 44.4 Å². The summed E-state index contributed by atoms with van der Waals surface area (Å²) in [7, 11) is 1.42. The maximum atomic E-state index is 12.0. The molecule has 1 atom stereocenters.